The molecule has 0 saturated carbocycles. The molecule has 0 aliphatic heterocycles. The Hall–Kier alpha value is -2.42. The molecular formula is C15H10IN5O. The summed E-state index contributed by atoms with van der Waals surface area (Å²) in [6.07, 6.45) is 3.44. The highest BCUT2D eigenvalue weighted by Gasteiger charge is 2.16. The molecule has 0 aliphatic carbocycles. The number of rotatable bonds is 2. The number of benzene rings is 1. The second-order valence-electron chi connectivity index (χ2n) is 4.74. The van der Waals surface area contributed by atoms with Gasteiger partial charge in [-0.1, -0.05) is 18.2 Å². The van der Waals surface area contributed by atoms with Crippen molar-refractivity contribution < 1.29 is 0 Å². The summed E-state index contributed by atoms with van der Waals surface area (Å²) >= 11 is 2.07. The van der Waals surface area contributed by atoms with E-state index >= 15 is 0 Å². The van der Waals surface area contributed by atoms with Crippen LogP contribution in [0.3, 0.4) is 0 Å². The largest absolute Gasteiger partial charge is 0.283 e. The van der Waals surface area contributed by atoms with Gasteiger partial charge in [-0.15, -0.1) is 5.10 Å². The van der Waals surface area contributed by atoms with Crippen LogP contribution < -0.4 is 5.56 Å². The highest BCUT2D eigenvalue weighted by Crippen LogP contribution is 2.21. The first-order valence-electron chi connectivity index (χ1n) is 6.61. The SMILES string of the molecule is O=c1c2c(-c3ccn[nH]3)ccn2nc(I)n1-c1ccccc1. The van der Waals surface area contributed by atoms with Crippen molar-refractivity contribution in [1.29, 1.82) is 0 Å². The van der Waals surface area contributed by atoms with Crippen LogP contribution in [0.2, 0.25) is 0 Å². The Kier molecular flexibility index (Phi) is 3.07. The molecule has 4 aromatic rings. The molecular weight excluding hydrogens is 393 g/mol. The smallest absolute Gasteiger partial charge is 0.278 e. The zero-order chi connectivity index (χ0) is 15.1. The van der Waals surface area contributed by atoms with Crippen LogP contribution in [0.5, 0.6) is 0 Å². The van der Waals surface area contributed by atoms with Crippen LogP contribution >= 0.6 is 22.6 Å². The maximum absolute atomic E-state index is 13.0. The Bertz CT molecular complexity index is 1000. The minimum atomic E-state index is -0.111. The Morgan fingerprint density at radius 1 is 1.09 bits per heavy atom. The predicted octanol–water partition coefficient (Wildman–Crippen LogP) is 2.48. The zero-order valence-corrected chi connectivity index (χ0v) is 13.4. The van der Waals surface area contributed by atoms with Crippen LogP contribution in [-0.2, 0) is 0 Å². The quantitative estimate of drug-likeness (QED) is 0.523. The molecule has 3 aromatic heterocycles. The van der Waals surface area contributed by atoms with Gasteiger partial charge in [-0.05, 0) is 24.3 Å². The summed E-state index contributed by atoms with van der Waals surface area (Å²) < 4.78 is 3.82. The Balaban J connectivity index is 2.08. The molecule has 1 aromatic carbocycles. The van der Waals surface area contributed by atoms with Gasteiger partial charge in [0.25, 0.3) is 5.56 Å². The van der Waals surface area contributed by atoms with Crippen LogP contribution in [0.4, 0.5) is 0 Å². The van der Waals surface area contributed by atoms with E-state index in [0.717, 1.165) is 16.9 Å². The van der Waals surface area contributed by atoms with Gasteiger partial charge in [-0.3, -0.25) is 14.5 Å². The van der Waals surface area contributed by atoms with Crippen LogP contribution in [0.1, 0.15) is 0 Å². The molecule has 0 aliphatic rings. The van der Waals surface area contributed by atoms with Gasteiger partial charge in [-0.25, -0.2) is 4.52 Å². The molecule has 0 unspecified atom stereocenters. The zero-order valence-electron chi connectivity index (χ0n) is 11.3. The summed E-state index contributed by atoms with van der Waals surface area (Å²) in [4.78, 5) is 13.0. The lowest BCUT2D eigenvalue weighted by atomic mass is 10.2. The van der Waals surface area contributed by atoms with E-state index in [4.69, 9.17) is 0 Å². The Labute approximate surface area is 138 Å². The number of hydrogen-bond donors (Lipinski definition) is 1. The van der Waals surface area contributed by atoms with E-state index in [0.29, 0.717) is 9.35 Å². The lowest BCUT2D eigenvalue weighted by Gasteiger charge is -2.09. The normalized spacial score (nSPS) is 11.1. The van der Waals surface area contributed by atoms with Crippen molar-refractivity contribution in [3.63, 3.8) is 0 Å². The molecule has 0 bridgehead atoms. The number of aromatic nitrogens is 5. The first kappa shape index (κ1) is 13.3. The fourth-order valence-corrected chi connectivity index (χ4v) is 3.20. The summed E-state index contributed by atoms with van der Waals surface area (Å²) in [5, 5.41) is 11.3. The van der Waals surface area contributed by atoms with Crippen molar-refractivity contribution in [2.75, 3.05) is 0 Å². The molecule has 0 amide bonds. The number of aromatic amines is 1. The summed E-state index contributed by atoms with van der Waals surface area (Å²) in [6, 6.07) is 13.2. The van der Waals surface area contributed by atoms with Gasteiger partial charge < -0.3 is 0 Å². The molecule has 1 N–H and O–H groups in total. The second kappa shape index (κ2) is 5.09. The van der Waals surface area contributed by atoms with Crippen molar-refractivity contribution in [2.24, 2.45) is 0 Å². The van der Waals surface area contributed by atoms with Gasteiger partial charge in [0.1, 0.15) is 5.52 Å². The Morgan fingerprint density at radius 2 is 1.91 bits per heavy atom. The number of hydrogen-bond acceptors (Lipinski definition) is 3. The molecule has 6 nitrogen and oxygen atoms in total. The van der Waals surface area contributed by atoms with Crippen molar-refractivity contribution in [3.8, 4) is 16.9 Å². The topological polar surface area (TPSA) is 68.0 Å². The molecule has 3 heterocycles. The van der Waals surface area contributed by atoms with Crippen molar-refractivity contribution >= 4 is 28.1 Å². The molecule has 0 spiro atoms. The minimum Gasteiger partial charge on any atom is -0.278 e. The molecule has 0 radical (unpaired) electrons. The predicted molar refractivity (Wildman–Crippen MR) is 91.1 cm³/mol. The summed E-state index contributed by atoms with van der Waals surface area (Å²) in [5.41, 5.74) is 2.79. The van der Waals surface area contributed by atoms with Crippen LogP contribution in [0.15, 0.2) is 59.7 Å². The van der Waals surface area contributed by atoms with Gasteiger partial charge in [0, 0.05) is 40.5 Å². The molecule has 7 heteroatoms. The number of nitrogens with one attached hydrogen (secondary N) is 1. The van der Waals surface area contributed by atoms with E-state index in [1.165, 1.54) is 0 Å². The average Bonchev–Trinajstić information content (AvgIpc) is 3.16. The lowest BCUT2D eigenvalue weighted by Crippen LogP contribution is -2.25. The van der Waals surface area contributed by atoms with Crippen LogP contribution in [-0.4, -0.2) is 24.4 Å². The standard InChI is InChI=1S/C15H10IN5O/c16-15-19-20-9-7-11(12-6-8-17-18-12)13(20)14(22)21(15)10-4-2-1-3-5-10/h1-9H,(H,17,18). The third-order valence-electron chi connectivity index (χ3n) is 3.45. The molecule has 0 saturated heterocycles. The number of nitrogens with zero attached hydrogens (tertiary/aromatic N) is 4. The highest BCUT2D eigenvalue weighted by atomic mass is 127. The summed E-state index contributed by atoms with van der Waals surface area (Å²) in [7, 11) is 0. The van der Waals surface area contributed by atoms with Crippen LogP contribution in [0.25, 0.3) is 22.5 Å². The first-order chi connectivity index (χ1) is 10.8. The number of H-pyrrole nitrogens is 1. The number of para-hydroxylation sites is 1. The third kappa shape index (κ3) is 1.97. The highest BCUT2D eigenvalue weighted by molar-refractivity contribution is 14.1. The van der Waals surface area contributed by atoms with E-state index in [1.54, 1.807) is 21.5 Å². The first-order valence-corrected chi connectivity index (χ1v) is 7.68. The molecule has 0 atom stereocenters. The summed E-state index contributed by atoms with van der Waals surface area (Å²) in [5.74, 6) is 0. The van der Waals surface area contributed by atoms with Crippen molar-refractivity contribution in [3.05, 3.63) is 69.0 Å². The molecule has 108 valence electrons. The maximum atomic E-state index is 13.0. The minimum absolute atomic E-state index is 0.111. The lowest BCUT2D eigenvalue weighted by molar-refractivity contribution is 0.791. The van der Waals surface area contributed by atoms with Gasteiger partial charge in [0.2, 0.25) is 0 Å². The second-order valence-corrected chi connectivity index (χ2v) is 5.70. The van der Waals surface area contributed by atoms with E-state index < -0.39 is 0 Å². The van der Waals surface area contributed by atoms with Gasteiger partial charge in [0.05, 0.1) is 11.4 Å². The maximum Gasteiger partial charge on any atom is 0.283 e. The van der Waals surface area contributed by atoms with E-state index in [2.05, 4.69) is 37.9 Å². The van der Waals surface area contributed by atoms with E-state index in [9.17, 15) is 4.79 Å². The molecule has 0 fully saturated rings. The molecule has 22 heavy (non-hydrogen) atoms. The van der Waals surface area contributed by atoms with E-state index in [1.807, 2.05) is 42.5 Å². The molecule has 4 rings (SSSR count). The van der Waals surface area contributed by atoms with Gasteiger partial charge in [-0.2, -0.15) is 5.10 Å². The van der Waals surface area contributed by atoms with Gasteiger partial charge in [0.15, 0.2) is 3.83 Å². The number of halogens is 1. The monoisotopic (exact) mass is 403 g/mol. The van der Waals surface area contributed by atoms with Crippen molar-refractivity contribution in [1.82, 2.24) is 24.4 Å². The number of fused-ring (bicyclic) bond motifs is 1. The van der Waals surface area contributed by atoms with E-state index in [-0.39, 0.29) is 5.56 Å². The average molecular weight is 403 g/mol. The van der Waals surface area contributed by atoms with Crippen LogP contribution in [0, 0.1) is 3.83 Å². The summed E-state index contributed by atoms with van der Waals surface area (Å²) in [6.45, 7) is 0. The fourth-order valence-electron chi connectivity index (χ4n) is 2.47. The fraction of sp³-hybridized carbons (Fsp3) is 0. The third-order valence-corrected chi connectivity index (χ3v) is 4.15. The van der Waals surface area contributed by atoms with Crippen molar-refractivity contribution in [2.45, 2.75) is 0 Å². The van der Waals surface area contributed by atoms with Gasteiger partial charge >= 0.3 is 0 Å². The Morgan fingerprint density at radius 3 is 2.64 bits per heavy atom.